The van der Waals surface area contributed by atoms with Crippen molar-refractivity contribution in [1.82, 2.24) is 29.2 Å². The minimum atomic E-state index is -0.189. The summed E-state index contributed by atoms with van der Waals surface area (Å²) in [6.45, 7) is 9.44. The lowest BCUT2D eigenvalue weighted by Crippen LogP contribution is -2.44. The second-order valence-electron chi connectivity index (χ2n) is 9.63. The quantitative estimate of drug-likeness (QED) is 0.308. The summed E-state index contributed by atoms with van der Waals surface area (Å²) in [5.41, 5.74) is 1.09. The molecule has 0 atom stereocenters. The molecule has 1 N–H and O–H groups in total. The van der Waals surface area contributed by atoms with Crippen LogP contribution in [-0.4, -0.2) is 61.9 Å². The Hall–Kier alpha value is -3.69. The highest BCUT2D eigenvalue weighted by atomic mass is 35.5. The number of hydrogen-bond donors (Lipinski definition) is 1. The molecule has 1 aromatic carbocycles. The van der Waals surface area contributed by atoms with Crippen LogP contribution < -0.4 is 15.8 Å². The highest BCUT2D eigenvalue weighted by Crippen LogP contribution is 2.25. The number of likely N-dealkylation sites (tertiary alicyclic amines) is 1. The van der Waals surface area contributed by atoms with Crippen LogP contribution in [0.2, 0.25) is 5.02 Å². The third kappa shape index (κ3) is 5.30. The van der Waals surface area contributed by atoms with Crippen molar-refractivity contribution in [2.45, 2.75) is 38.8 Å². The van der Waals surface area contributed by atoms with E-state index in [9.17, 15) is 4.79 Å². The van der Waals surface area contributed by atoms with Crippen LogP contribution in [0.1, 0.15) is 26.2 Å². The van der Waals surface area contributed by atoms with Gasteiger partial charge in [-0.3, -0.25) is 4.79 Å². The standard InChI is InChI=1S/C28H33ClN8O/c1-4-15-35(22-13-17-34(3)18-14-22)24-7-6-8-25(32-24)37-26-23(27(38)36(37)16-5-2)19-30-28(33-26)31-21-11-9-20(29)10-12-21/h5-12,19,22H,2,4,13-18H2,1,3H3,(H,30,31,33). The second kappa shape index (κ2) is 11.4. The highest BCUT2D eigenvalue weighted by molar-refractivity contribution is 6.30. The molecule has 1 fully saturated rings. The first-order valence-corrected chi connectivity index (χ1v) is 13.4. The average Bonchev–Trinajstić information content (AvgIpc) is 3.20. The Balaban J connectivity index is 1.58. The van der Waals surface area contributed by atoms with Gasteiger partial charge < -0.3 is 15.1 Å². The van der Waals surface area contributed by atoms with Gasteiger partial charge in [0.2, 0.25) is 5.95 Å². The third-order valence-electron chi connectivity index (χ3n) is 6.90. The molecule has 4 heterocycles. The molecule has 0 amide bonds. The lowest BCUT2D eigenvalue weighted by molar-refractivity contribution is 0.249. The molecule has 198 valence electrons. The summed E-state index contributed by atoms with van der Waals surface area (Å²) in [7, 11) is 2.17. The second-order valence-corrected chi connectivity index (χ2v) is 10.1. The Morgan fingerprint density at radius 2 is 1.92 bits per heavy atom. The number of aromatic nitrogens is 5. The lowest BCUT2D eigenvalue weighted by Gasteiger charge is -2.38. The van der Waals surface area contributed by atoms with Crippen LogP contribution in [0.15, 0.2) is 66.1 Å². The molecule has 0 spiro atoms. The number of hydrogen-bond acceptors (Lipinski definition) is 7. The van der Waals surface area contributed by atoms with Gasteiger partial charge in [-0.1, -0.05) is 30.7 Å². The Morgan fingerprint density at radius 3 is 2.63 bits per heavy atom. The van der Waals surface area contributed by atoms with Gasteiger partial charge >= 0.3 is 0 Å². The van der Waals surface area contributed by atoms with Gasteiger partial charge in [0.05, 0.1) is 6.54 Å². The van der Waals surface area contributed by atoms with Gasteiger partial charge in [0, 0.05) is 29.5 Å². The number of piperidine rings is 1. The lowest BCUT2D eigenvalue weighted by atomic mass is 10.0. The minimum absolute atomic E-state index is 0.189. The molecule has 5 rings (SSSR count). The van der Waals surface area contributed by atoms with Gasteiger partial charge in [-0.15, -0.1) is 6.58 Å². The van der Waals surface area contributed by atoms with Crippen molar-refractivity contribution < 1.29 is 0 Å². The van der Waals surface area contributed by atoms with Crippen LogP contribution in [0.4, 0.5) is 17.5 Å². The number of fused-ring (bicyclic) bond motifs is 1. The Morgan fingerprint density at radius 1 is 1.16 bits per heavy atom. The van der Waals surface area contributed by atoms with E-state index in [0.717, 1.165) is 50.4 Å². The maximum atomic E-state index is 13.4. The van der Waals surface area contributed by atoms with Crippen molar-refractivity contribution >= 4 is 40.1 Å². The minimum Gasteiger partial charge on any atom is -0.353 e. The van der Waals surface area contributed by atoms with E-state index in [-0.39, 0.29) is 5.56 Å². The molecule has 0 radical (unpaired) electrons. The molecule has 10 heteroatoms. The number of nitrogens with one attached hydrogen (secondary N) is 1. The first-order chi connectivity index (χ1) is 18.5. The molecule has 0 bridgehead atoms. The van der Waals surface area contributed by atoms with Crippen LogP contribution in [0, 0.1) is 0 Å². The van der Waals surface area contributed by atoms with E-state index in [2.05, 4.69) is 46.7 Å². The maximum absolute atomic E-state index is 13.4. The fraction of sp³-hybridized carbons (Fsp3) is 0.357. The number of anilines is 3. The molecular formula is C28H33ClN8O. The molecule has 1 aliphatic heterocycles. The van der Waals surface area contributed by atoms with E-state index in [1.807, 2.05) is 24.3 Å². The zero-order valence-electron chi connectivity index (χ0n) is 21.8. The molecule has 1 saturated heterocycles. The molecule has 0 aliphatic carbocycles. The maximum Gasteiger partial charge on any atom is 0.278 e. The molecule has 1 aliphatic rings. The summed E-state index contributed by atoms with van der Waals surface area (Å²) in [4.78, 5) is 32.3. The van der Waals surface area contributed by atoms with Crippen molar-refractivity contribution in [3.8, 4) is 5.82 Å². The summed E-state index contributed by atoms with van der Waals surface area (Å²) in [6, 6.07) is 13.7. The van der Waals surface area contributed by atoms with Crippen molar-refractivity contribution in [2.75, 3.05) is 36.9 Å². The summed E-state index contributed by atoms with van der Waals surface area (Å²) in [6.07, 6.45) is 6.48. The average molecular weight is 533 g/mol. The van der Waals surface area contributed by atoms with E-state index in [4.69, 9.17) is 21.6 Å². The van der Waals surface area contributed by atoms with Gasteiger partial charge in [-0.2, -0.15) is 4.98 Å². The molecule has 3 aromatic heterocycles. The Kier molecular flexibility index (Phi) is 7.76. The number of allylic oxidation sites excluding steroid dienone is 1. The van der Waals surface area contributed by atoms with Gasteiger partial charge in [0.15, 0.2) is 11.5 Å². The number of pyridine rings is 1. The fourth-order valence-corrected chi connectivity index (χ4v) is 5.12. The third-order valence-corrected chi connectivity index (χ3v) is 7.15. The zero-order chi connectivity index (χ0) is 26.6. The summed E-state index contributed by atoms with van der Waals surface area (Å²) in [5, 5.41) is 4.26. The molecule has 0 unspecified atom stereocenters. The van der Waals surface area contributed by atoms with Crippen molar-refractivity contribution in [3.05, 3.63) is 76.7 Å². The highest BCUT2D eigenvalue weighted by Gasteiger charge is 2.25. The summed E-state index contributed by atoms with van der Waals surface area (Å²) < 4.78 is 3.38. The van der Waals surface area contributed by atoms with Gasteiger partial charge in [-0.05, 0) is 75.8 Å². The predicted molar refractivity (Wildman–Crippen MR) is 154 cm³/mol. The first-order valence-electron chi connectivity index (χ1n) is 13.0. The molecule has 9 nitrogen and oxygen atoms in total. The van der Waals surface area contributed by atoms with Gasteiger partial charge in [0.25, 0.3) is 5.56 Å². The topological polar surface area (TPSA) is 84.1 Å². The van der Waals surface area contributed by atoms with Crippen LogP contribution in [0.25, 0.3) is 16.9 Å². The number of rotatable bonds is 9. The van der Waals surface area contributed by atoms with Crippen LogP contribution in [-0.2, 0) is 6.54 Å². The number of benzene rings is 1. The largest absolute Gasteiger partial charge is 0.353 e. The predicted octanol–water partition coefficient (Wildman–Crippen LogP) is 4.87. The molecule has 38 heavy (non-hydrogen) atoms. The van der Waals surface area contributed by atoms with Gasteiger partial charge in [-0.25, -0.2) is 19.3 Å². The van der Waals surface area contributed by atoms with E-state index in [1.54, 1.807) is 33.8 Å². The Labute approximate surface area is 227 Å². The monoisotopic (exact) mass is 532 g/mol. The molecular weight excluding hydrogens is 500 g/mol. The first kappa shape index (κ1) is 25.9. The van der Waals surface area contributed by atoms with E-state index >= 15 is 0 Å². The van der Waals surface area contributed by atoms with Crippen LogP contribution in [0.5, 0.6) is 0 Å². The number of halogens is 1. The summed E-state index contributed by atoms with van der Waals surface area (Å²) in [5.74, 6) is 1.91. The normalized spacial score (nSPS) is 14.6. The smallest absolute Gasteiger partial charge is 0.278 e. The van der Waals surface area contributed by atoms with Crippen LogP contribution in [0.3, 0.4) is 0 Å². The van der Waals surface area contributed by atoms with Crippen molar-refractivity contribution in [2.24, 2.45) is 0 Å². The molecule has 0 saturated carbocycles. The fourth-order valence-electron chi connectivity index (χ4n) is 4.99. The van der Waals surface area contributed by atoms with Crippen LogP contribution >= 0.6 is 11.6 Å². The van der Waals surface area contributed by atoms with Crippen molar-refractivity contribution in [3.63, 3.8) is 0 Å². The Bertz CT molecular complexity index is 1470. The SMILES string of the molecule is C=CCn1c(=O)c2cnc(Nc3ccc(Cl)cc3)nc2n1-c1cccc(N(CCC)C2CCN(C)CC2)n1. The number of nitrogens with zero attached hydrogens (tertiary/aromatic N) is 7. The molecule has 4 aromatic rings. The van der Waals surface area contributed by atoms with Crippen molar-refractivity contribution in [1.29, 1.82) is 0 Å². The summed E-state index contributed by atoms with van der Waals surface area (Å²) >= 11 is 6.02. The van der Waals surface area contributed by atoms with E-state index in [0.29, 0.717) is 40.4 Å². The zero-order valence-corrected chi connectivity index (χ0v) is 22.6. The van der Waals surface area contributed by atoms with Gasteiger partial charge in [0.1, 0.15) is 11.2 Å². The van der Waals surface area contributed by atoms with E-state index in [1.165, 1.54) is 0 Å². The van der Waals surface area contributed by atoms with E-state index < -0.39 is 0 Å².